The largest absolute Gasteiger partial charge is 0.510 e. The van der Waals surface area contributed by atoms with Gasteiger partial charge in [0, 0.05) is 17.0 Å². The zero-order valence-electron chi connectivity index (χ0n) is 22.1. The monoisotopic (exact) mass is 525 g/mol. The fraction of sp³-hybridized carbons (Fsp3) is 0.536. The van der Waals surface area contributed by atoms with E-state index >= 15 is 0 Å². The number of likely N-dealkylation sites (tertiary alicyclic amines) is 1. The quantitative estimate of drug-likeness (QED) is 0.368. The van der Waals surface area contributed by atoms with E-state index in [4.69, 9.17) is 5.73 Å². The van der Waals surface area contributed by atoms with E-state index in [9.17, 15) is 34.8 Å². The molecular formula is C28H35N3O7. The molecule has 1 heterocycles. The van der Waals surface area contributed by atoms with Gasteiger partial charge in [0.1, 0.15) is 22.8 Å². The van der Waals surface area contributed by atoms with E-state index in [1.54, 1.807) is 24.9 Å². The number of aliphatic hydroxyl groups is 3. The number of hydrogen-bond acceptors (Lipinski definition) is 9. The summed E-state index contributed by atoms with van der Waals surface area (Å²) in [4.78, 5) is 43.5. The van der Waals surface area contributed by atoms with Gasteiger partial charge < -0.3 is 26.2 Å². The van der Waals surface area contributed by atoms with E-state index in [1.165, 1.54) is 0 Å². The summed E-state index contributed by atoms with van der Waals surface area (Å²) in [5.41, 5.74) is 1.89. The Balaban J connectivity index is 1.70. The average molecular weight is 526 g/mol. The molecule has 1 aromatic carbocycles. The highest BCUT2D eigenvalue weighted by Gasteiger charge is 2.69. The minimum absolute atomic E-state index is 0.0402. The lowest BCUT2D eigenvalue weighted by Gasteiger charge is -2.57. The molecule has 204 valence electrons. The second kappa shape index (κ2) is 8.65. The molecule has 4 aliphatic rings. The van der Waals surface area contributed by atoms with Gasteiger partial charge in [0.25, 0.3) is 5.91 Å². The molecule has 0 saturated carbocycles. The van der Waals surface area contributed by atoms with Crippen LogP contribution >= 0.6 is 0 Å². The molecule has 6 N–H and O–H groups in total. The number of benzene rings is 1. The normalized spacial score (nSPS) is 33.5. The molecular weight excluding hydrogens is 490 g/mol. The molecule has 1 amide bonds. The number of likely N-dealkylation sites (N-methyl/N-ethyl adjacent to an activating group) is 1. The Bertz CT molecular complexity index is 1330. The summed E-state index contributed by atoms with van der Waals surface area (Å²) < 4.78 is 0. The first-order chi connectivity index (χ1) is 17.8. The Hall–Kier alpha value is -3.21. The van der Waals surface area contributed by atoms with Crippen molar-refractivity contribution in [2.75, 3.05) is 27.2 Å². The molecule has 1 saturated heterocycles. The van der Waals surface area contributed by atoms with Crippen LogP contribution in [0.5, 0.6) is 5.75 Å². The fourth-order valence-corrected chi connectivity index (χ4v) is 7.47. The molecule has 1 unspecified atom stereocenters. The number of nitrogens with two attached hydrogens (primary N) is 1. The lowest BCUT2D eigenvalue weighted by Crippen LogP contribution is -2.70. The Labute approximate surface area is 221 Å². The van der Waals surface area contributed by atoms with Crippen molar-refractivity contribution in [3.63, 3.8) is 0 Å². The summed E-state index contributed by atoms with van der Waals surface area (Å²) in [5.74, 6) is -5.36. The number of aromatic hydroxyl groups is 1. The second-order valence-corrected chi connectivity index (χ2v) is 11.5. The highest BCUT2D eigenvalue weighted by molar-refractivity contribution is 6.25. The van der Waals surface area contributed by atoms with Crippen LogP contribution in [-0.4, -0.2) is 86.5 Å². The number of fused-ring (bicyclic) bond motifs is 3. The molecule has 10 nitrogen and oxygen atoms in total. The minimum Gasteiger partial charge on any atom is -0.510 e. The Kier molecular flexibility index (Phi) is 6.01. The number of carbonyl (C=O) groups excluding carboxylic acids is 3. The van der Waals surface area contributed by atoms with Gasteiger partial charge >= 0.3 is 0 Å². The first-order valence-electron chi connectivity index (χ1n) is 13.0. The first kappa shape index (κ1) is 26.4. The molecule has 1 fully saturated rings. The summed E-state index contributed by atoms with van der Waals surface area (Å²) >= 11 is 0. The number of nitrogens with zero attached hydrogens (tertiary/aromatic N) is 2. The minimum atomic E-state index is -2.68. The summed E-state index contributed by atoms with van der Waals surface area (Å²) in [5, 5.41) is 45.5. The first-order valence-corrected chi connectivity index (χ1v) is 13.0. The van der Waals surface area contributed by atoms with Crippen molar-refractivity contribution in [2.24, 2.45) is 17.1 Å². The van der Waals surface area contributed by atoms with E-state index in [2.05, 4.69) is 4.90 Å². The number of rotatable bonds is 4. The molecule has 1 aromatic rings. The van der Waals surface area contributed by atoms with E-state index in [1.807, 2.05) is 20.0 Å². The topological polar surface area (TPSA) is 165 Å². The van der Waals surface area contributed by atoms with Gasteiger partial charge in [-0.3, -0.25) is 24.2 Å². The van der Waals surface area contributed by atoms with Gasteiger partial charge in [0.15, 0.2) is 11.4 Å². The van der Waals surface area contributed by atoms with Gasteiger partial charge in [0.2, 0.25) is 5.78 Å². The van der Waals surface area contributed by atoms with Gasteiger partial charge in [-0.05, 0) is 76.0 Å². The van der Waals surface area contributed by atoms with Crippen molar-refractivity contribution in [3.05, 3.63) is 51.5 Å². The SMILES string of the molecule is CCN(C)[C@@H]1C(O)=C(C(N)=O)C(=O)[C@@]2(O)C(O)=C3C(=O)c4c(O)cc(C5CCCN5C)cc4C[C@H]3C[C@@]12C. The third-order valence-electron chi connectivity index (χ3n) is 9.43. The number of aliphatic hydroxyl groups excluding tert-OH is 2. The van der Waals surface area contributed by atoms with Crippen molar-refractivity contribution >= 4 is 17.5 Å². The maximum absolute atomic E-state index is 13.8. The van der Waals surface area contributed by atoms with Crippen LogP contribution in [0.4, 0.5) is 0 Å². The summed E-state index contributed by atoms with van der Waals surface area (Å²) in [7, 11) is 3.69. The van der Waals surface area contributed by atoms with Crippen molar-refractivity contribution in [3.8, 4) is 5.75 Å². The molecule has 0 radical (unpaired) electrons. The molecule has 5 rings (SSSR count). The Morgan fingerprint density at radius 2 is 1.92 bits per heavy atom. The van der Waals surface area contributed by atoms with Crippen LogP contribution < -0.4 is 5.73 Å². The second-order valence-electron chi connectivity index (χ2n) is 11.5. The lowest BCUT2D eigenvalue weighted by atomic mass is 9.51. The number of hydrogen-bond donors (Lipinski definition) is 5. The highest BCUT2D eigenvalue weighted by atomic mass is 16.4. The number of phenols is 1. The molecule has 0 spiro atoms. The van der Waals surface area contributed by atoms with Crippen LogP contribution in [0.1, 0.15) is 60.6 Å². The van der Waals surface area contributed by atoms with E-state index in [0.717, 1.165) is 24.9 Å². The standard InChI is InChI=1S/C28H35N3O7/c1-5-30(3)23-22(34)20(26(29)37)25(36)28(38)24(35)19-15(12-27(23,28)2)10-14-9-13(16-7-6-8-31(16)4)11-17(32)18(14)21(19)33/h9,11,15-16,23,32,34-35,38H,5-8,10,12H2,1-4H3,(H2,29,37)/t15-,16?,23+,27-,28-/m0/s1. The predicted molar refractivity (Wildman–Crippen MR) is 138 cm³/mol. The zero-order chi connectivity index (χ0) is 27.9. The number of primary amides is 1. The molecule has 10 heteroatoms. The number of allylic oxidation sites excluding steroid dienone is 1. The molecule has 0 aromatic heterocycles. The maximum atomic E-state index is 13.8. The zero-order valence-corrected chi connectivity index (χ0v) is 22.1. The van der Waals surface area contributed by atoms with Crippen LogP contribution in [-0.2, 0) is 16.0 Å². The van der Waals surface area contributed by atoms with Crippen molar-refractivity contribution < 1.29 is 34.8 Å². The molecule has 5 atom stereocenters. The van der Waals surface area contributed by atoms with Gasteiger partial charge in [-0.15, -0.1) is 0 Å². The third kappa shape index (κ3) is 3.26. The van der Waals surface area contributed by atoms with Crippen LogP contribution in [0.2, 0.25) is 0 Å². The van der Waals surface area contributed by atoms with Crippen LogP contribution in [0.25, 0.3) is 0 Å². The highest BCUT2D eigenvalue weighted by Crippen LogP contribution is 2.59. The molecule has 1 aliphatic heterocycles. The lowest BCUT2D eigenvalue weighted by molar-refractivity contribution is -0.166. The van der Waals surface area contributed by atoms with Crippen LogP contribution in [0, 0.1) is 11.3 Å². The fourth-order valence-electron chi connectivity index (χ4n) is 7.47. The van der Waals surface area contributed by atoms with Crippen LogP contribution in [0.3, 0.4) is 0 Å². The summed E-state index contributed by atoms with van der Waals surface area (Å²) in [6, 6.07) is 2.59. The third-order valence-corrected chi connectivity index (χ3v) is 9.43. The van der Waals surface area contributed by atoms with E-state index in [-0.39, 0.29) is 35.8 Å². The van der Waals surface area contributed by atoms with Crippen molar-refractivity contribution in [2.45, 2.75) is 57.2 Å². The van der Waals surface area contributed by atoms with E-state index < -0.39 is 57.5 Å². The Morgan fingerprint density at radius 3 is 2.50 bits per heavy atom. The van der Waals surface area contributed by atoms with Gasteiger partial charge in [-0.2, -0.15) is 0 Å². The number of Topliss-reactive ketones (excluding diaryl/α,β-unsaturated/α-hetero) is 2. The average Bonchev–Trinajstić information content (AvgIpc) is 3.26. The summed E-state index contributed by atoms with van der Waals surface area (Å²) in [6.45, 7) is 4.71. The number of phenolic OH excluding ortho intramolecular Hbond substituents is 1. The Morgan fingerprint density at radius 1 is 1.24 bits per heavy atom. The maximum Gasteiger partial charge on any atom is 0.255 e. The van der Waals surface area contributed by atoms with Crippen molar-refractivity contribution in [1.29, 1.82) is 0 Å². The molecule has 3 aliphatic carbocycles. The predicted octanol–water partition coefficient (Wildman–Crippen LogP) is 1.67. The molecule has 0 bridgehead atoms. The molecule has 38 heavy (non-hydrogen) atoms. The van der Waals surface area contributed by atoms with Crippen LogP contribution in [0.15, 0.2) is 34.8 Å². The number of carbonyl (C=O) groups is 3. The van der Waals surface area contributed by atoms with E-state index in [0.29, 0.717) is 12.1 Å². The van der Waals surface area contributed by atoms with Gasteiger partial charge in [-0.1, -0.05) is 19.9 Å². The van der Waals surface area contributed by atoms with Gasteiger partial charge in [0.05, 0.1) is 11.6 Å². The number of amides is 1. The summed E-state index contributed by atoms with van der Waals surface area (Å²) in [6.07, 6.45) is 2.31. The van der Waals surface area contributed by atoms with Gasteiger partial charge in [-0.25, -0.2) is 0 Å². The smallest absolute Gasteiger partial charge is 0.255 e. The number of ketones is 2. The van der Waals surface area contributed by atoms with Crippen molar-refractivity contribution in [1.82, 2.24) is 9.80 Å².